The summed E-state index contributed by atoms with van der Waals surface area (Å²) in [5.41, 5.74) is 0.488. The highest BCUT2D eigenvalue weighted by Gasteiger charge is 2.33. The summed E-state index contributed by atoms with van der Waals surface area (Å²) in [6.45, 7) is 2.99. The monoisotopic (exact) mass is 497 g/mol. The van der Waals surface area contributed by atoms with Gasteiger partial charge in [0.2, 0.25) is 11.6 Å². The molecular formula is C18H20IN5O4. The number of hydrogen-bond donors (Lipinski definition) is 1. The highest BCUT2D eigenvalue weighted by molar-refractivity contribution is 14.1. The predicted octanol–water partition coefficient (Wildman–Crippen LogP) is 3.51. The van der Waals surface area contributed by atoms with E-state index in [4.69, 9.17) is 4.74 Å². The second-order valence-corrected chi connectivity index (χ2v) is 7.57. The van der Waals surface area contributed by atoms with Gasteiger partial charge < -0.3 is 15.0 Å². The number of benzene rings is 1. The first-order valence-corrected chi connectivity index (χ1v) is 10.0. The number of aromatic nitrogens is 2. The first-order valence-electron chi connectivity index (χ1n) is 8.93. The van der Waals surface area contributed by atoms with E-state index in [2.05, 4.69) is 37.9 Å². The van der Waals surface area contributed by atoms with Crippen LogP contribution in [0.4, 0.5) is 23.0 Å². The van der Waals surface area contributed by atoms with Gasteiger partial charge in [-0.05, 0) is 66.6 Å². The number of nitrogens with one attached hydrogen (secondary N) is 1. The smallest absolute Gasteiger partial charge is 0.353 e. The molecule has 1 atom stereocenters. The average Bonchev–Trinajstić information content (AvgIpc) is 2.69. The van der Waals surface area contributed by atoms with Gasteiger partial charge in [-0.15, -0.1) is 0 Å². The summed E-state index contributed by atoms with van der Waals surface area (Å²) in [4.78, 5) is 33.4. The van der Waals surface area contributed by atoms with Crippen LogP contribution in [0.15, 0.2) is 30.6 Å². The van der Waals surface area contributed by atoms with Gasteiger partial charge in [-0.2, -0.15) is 0 Å². The third-order valence-electron chi connectivity index (χ3n) is 4.43. The summed E-state index contributed by atoms with van der Waals surface area (Å²) in [5.74, 6) is -0.270. The Kier molecular flexibility index (Phi) is 6.60. The van der Waals surface area contributed by atoms with Crippen molar-refractivity contribution < 1.29 is 14.5 Å². The van der Waals surface area contributed by atoms with Crippen molar-refractivity contribution >= 4 is 51.6 Å². The number of ether oxygens (including phenoxy) is 1. The van der Waals surface area contributed by atoms with E-state index in [0.717, 1.165) is 9.99 Å². The zero-order chi connectivity index (χ0) is 20.1. The van der Waals surface area contributed by atoms with Crippen molar-refractivity contribution in [3.63, 3.8) is 0 Å². The molecule has 2 aromatic rings. The van der Waals surface area contributed by atoms with Gasteiger partial charge in [0, 0.05) is 22.3 Å². The van der Waals surface area contributed by atoms with Gasteiger partial charge in [-0.1, -0.05) is 0 Å². The maximum absolute atomic E-state index is 12.1. The molecular weight excluding hydrogens is 477 g/mol. The lowest BCUT2D eigenvalue weighted by molar-refractivity contribution is -0.383. The second-order valence-electron chi connectivity index (χ2n) is 6.32. The summed E-state index contributed by atoms with van der Waals surface area (Å²) in [7, 11) is 0. The summed E-state index contributed by atoms with van der Waals surface area (Å²) >= 11 is 2.19. The van der Waals surface area contributed by atoms with Gasteiger partial charge in [0.1, 0.15) is 6.33 Å². The quantitative estimate of drug-likeness (QED) is 0.280. The van der Waals surface area contributed by atoms with Gasteiger partial charge >= 0.3 is 11.7 Å². The van der Waals surface area contributed by atoms with E-state index in [1.807, 2.05) is 24.3 Å². The molecule has 1 aliphatic heterocycles. The number of hydrogen-bond acceptors (Lipinski definition) is 8. The molecule has 0 aliphatic carbocycles. The summed E-state index contributed by atoms with van der Waals surface area (Å²) < 4.78 is 6.17. The predicted molar refractivity (Wildman–Crippen MR) is 113 cm³/mol. The first-order chi connectivity index (χ1) is 13.5. The van der Waals surface area contributed by atoms with Gasteiger partial charge in [-0.3, -0.25) is 14.9 Å². The van der Waals surface area contributed by atoms with Crippen molar-refractivity contribution in [2.24, 2.45) is 5.92 Å². The fraction of sp³-hybridized carbons (Fsp3) is 0.389. The number of esters is 1. The molecule has 9 nitrogen and oxygen atoms in total. The molecule has 3 rings (SSSR count). The van der Waals surface area contributed by atoms with Crippen LogP contribution in [0, 0.1) is 19.6 Å². The topological polar surface area (TPSA) is 110 Å². The molecule has 1 aromatic carbocycles. The molecule has 0 amide bonds. The van der Waals surface area contributed by atoms with E-state index in [-0.39, 0.29) is 29.2 Å². The van der Waals surface area contributed by atoms with Gasteiger partial charge in [0.05, 0.1) is 17.4 Å². The van der Waals surface area contributed by atoms with E-state index in [1.54, 1.807) is 11.8 Å². The standard InChI is InChI=1S/C18H20IN5O4/c1-2-28-18(25)12-4-3-9-23(10-12)17-15(24(26)27)16(20-11-21-17)22-14-7-5-13(19)6-8-14/h5-8,11-12H,2-4,9-10H2,1H3,(H,20,21,22). The highest BCUT2D eigenvalue weighted by Crippen LogP contribution is 2.35. The zero-order valence-corrected chi connectivity index (χ0v) is 17.5. The second kappa shape index (κ2) is 9.13. The fourth-order valence-corrected chi connectivity index (χ4v) is 3.51. The maximum atomic E-state index is 12.1. The largest absolute Gasteiger partial charge is 0.466 e. The lowest BCUT2D eigenvalue weighted by Gasteiger charge is -2.32. The third-order valence-corrected chi connectivity index (χ3v) is 5.15. The fourth-order valence-electron chi connectivity index (χ4n) is 3.15. The minimum atomic E-state index is -0.488. The molecule has 10 heteroatoms. The normalized spacial score (nSPS) is 16.5. The molecule has 1 fully saturated rings. The first kappa shape index (κ1) is 20.2. The van der Waals surface area contributed by atoms with Crippen LogP contribution in [-0.4, -0.2) is 40.6 Å². The molecule has 0 saturated carbocycles. The number of piperidine rings is 1. The van der Waals surface area contributed by atoms with E-state index in [0.29, 0.717) is 31.8 Å². The lowest BCUT2D eigenvalue weighted by atomic mass is 9.98. The Balaban J connectivity index is 1.89. The number of carbonyl (C=O) groups excluding carboxylic acids is 1. The molecule has 148 valence electrons. The summed E-state index contributed by atoms with van der Waals surface area (Å²) in [6, 6.07) is 7.44. The number of anilines is 3. The van der Waals surface area contributed by atoms with Crippen LogP contribution in [0.25, 0.3) is 0 Å². The minimum Gasteiger partial charge on any atom is -0.466 e. The van der Waals surface area contributed by atoms with Gasteiger partial charge in [-0.25, -0.2) is 9.97 Å². The molecule has 1 unspecified atom stereocenters. The van der Waals surface area contributed by atoms with E-state index >= 15 is 0 Å². The van der Waals surface area contributed by atoms with Gasteiger partial charge in [0.25, 0.3) is 0 Å². The number of nitrogens with zero attached hydrogens (tertiary/aromatic N) is 4. The molecule has 1 aromatic heterocycles. The Hall–Kier alpha value is -2.50. The minimum absolute atomic E-state index is 0.120. The van der Waals surface area contributed by atoms with E-state index < -0.39 is 4.92 Å². The third kappa shape index (κ3) is 4.66. The van der Waals surface area contributed by atoms with E-state index in [9.17, 15) is 14.9 Å². The van der Waals surface area contributed by atoms with Crippen LogP contribution >= 0.6 is 22.6 Å². The Morgan fingerprint density at radius 3 is 2.82 bits per heavy atom. The summed E-state index contributed by atoms with van der Waals surface area (Å²) in [6.07, 6.45) is 2.72. The molecule has 2 heterocycles. The molecule has 0 spiro atoms. The molecule has 0 radical (unpaired) electrons. The van der Waals surface area contributed by atoms with Crippen molar-refractivity contribution in [2.45, 2.75) is 19.8 Å². The Morgan fingerprint density at radius 2 is 2.14 bits per heavy atom. The lowest BCUT2D eigenvalue weighted by Crippen LogP contribution is -2.40. The maximum Gasteiger partial charge on any atom is 0.353 e. The van der Waals surface area contributed by atoms with Crippen molar-refractivity contribution in [1.29, 1.82) is 0 Å². The number of rotatable bonds is 6. The molecule has 28 heavy (non-hydrogen) atoms. The summed E-state index contributed by atoms with van der Waals surface area (Å²) in [5, 5.41) is 14.8. The number of nitro groups is 1. The zero-order valence-electron chi connectivity index (χ0n) is 15.3. The Labute approximate surface area is 175 Å². The number of carbonyl (C=O) groups is 1. The molecule has 1 N–H and O–H groups in total. The average molecular weight is 497 g/mol. The van der Waals surface area contributed by atoms with Crippen LogP contribution < -0.4 is 10.2 Å². The SMILES string of the molecule is CCOC(=O)C1CCCN(c2ncnc(Nc3ccc(I)cc3)c2[N+](=O)[O-])C1. The molecule has 0 bridgehead atoms. The van der Waals surface area contributed by atoms with Crippen molar-refractivity contribution in [3.05, 3.63) is 44.3 Å². The van der Waals surface area contributed by atoms with Crippen molar-refractivity contribution in [3.8, 4) is 0 Å². The van der Waals surface area contributed by atoms with Crippen LogP contribution in [0.1, 0.15) is 19.8 Å². The van der Waals surface area contributed by atoms with Crippen LogP contribution in [0.2, 0.25) is 0 Å². The van der Waals surface area contributed by atoms with Crippen LogP contribution in [-0.2, 0) is 9.53 Å². The van der Waals surface area contributed by atoms with Crippen LogP contribution in [0.5, 0.6) is 0 Å². The highest BCUT2D eigenvalue weighted by atomic mass is 127. The Morgan fingerprint density at radius 1 is 1.39 bits per heavy atom. The van der Waals surface area contributed by atoms with Crippen LogP contribution in [0.3, 0.4) is 0 Å². The van der Waals surface area contributed by atoms with Gasteiger partial charge in [0.15, 0.2) is 0 Å². The number of halogens is 1. The molecule has 1 saturated heterocycles. The van der Waals surface area contributed by atoms with E-state index in [1.165, 1.54) is 6.33 Å². The van der Waals surface area contributed by atoms with Crippen molar-refractivity contribution in [1.82, 2.24) is 9.97 Å². The Bertz CT molecular complexity index is 862. The van der Waals surface area contributed by atoms with Crippen molar-refractivity contribution in [2.75, 3.05) is 29.9 Å². The molecule has 1 aliphatic rings.